The molecule has 6 heteroatoms. The summed E-state index contributed by atoms with van der Waals surface area (Å²) in [6.07, 6.45) is 3.59. The van der Waals surface area contributed by atoms with Crippen molar-refractivity contribution >= 4 is 11.8 Å². The van der Waals surface area contributed by atoms with Gasteiger partial charge in [0, 0.05) is 51.9 Å². The second-order valence-corrected chi connectivity index (χ2v) is 6.35. The lowest BCUT2D eigenvalue weighted by atomic mass is 9.94. The van der Waals surface area contributed by atoms with Crippen LogP contribution in [0.5, 0.6) is 0 Å². The molecule has 0 N–H and O–H groups in total. The van der Waals surface area contributed by atoms with Crippen LogP contribution in [0.4, 0.5) is 0 Å². The molecule has 2 atom stereocenters. The molecule has 1 aromatic rings. The monoisotopic (exact) mass is 303 g/mol. The smallest absolute Gasteiger partial charge is 0.255 e. The van der Waals surface area contributed by atoms with Crippen LogP contribution >= 0.6 is 0 Å². The number of pyridine rings is 1. The number of rotatable bonds is 1. The highest BCUT2D eigenvalue weighted by molar-refractivity contribution is 5.94. The van der Waals surface area contributed by atoms with Gasteiger partial charge in [-0.25, -0.2) is 0 Å². The maximum absolute atomic E-state index is 12.8. The molecule has 0 aliphatic carbocycles. The van der Waals surface area contributed by atoms with Gasteiger partial charge in [0.1, 0.15) is 0 Å². The summed E-state index contributed by atoms with van der Waals surface area (Å²) in [7, 11) is 1.64. The third kappa shape index (κ3) is 2.65. The molecule has 3 aliphatic rings. The predicted molar refractivity (Wildman–Crippen MR) is 81.5 cm³/mol. The molecular formula is C16H21N3O3. The van der Waals surface area contributed by atoms with Gasteiger partial charge in [0.25, 0.3) is 5.91 Å². The number of amides is 2. The maximum Gasteiger partial charge on any atom is 0.255 e. The standard InChI is InChI=1S/C16H21N3O3/c1-11(20)18-7-12-3-5-14(10-18)19(8-12)16(22)13-4-6-15(21)17(2)9-13/h4,6,9,12,14H,3,5,7-8,10H2,1-2H3/t12-,14+/m0/s1. The summed E-state index contributed by atoms with van der Waals surface area (Å²) in [6, 6.07) is 3.09. The molecule has 2 bridgehead atoms. The Hall–Kier alpha value is -2.11. The van der Waals surface area contributed by atoms with Gasteiger partial charge >= 0.3 is 0 Å². The highest BCUT2D eigenvalue weighted by atomic mass is 16.2. The molecule has 22 heavy (non-hydrogen) atoms. The van der Waals surface area contributed by atoms with Crippen LogP contribution in [0.2, 0.25) is 0 Å². The van der Waals surface area contributed by atoms with Crippen molar-refractivity contribution in [2.45, 2.75) is 25.8 Å². The molecule has 4 rings (SSSR count). The van der Waals surface area contributed by atoms with Crippen LogP contribution < -0.4 is 5.56 Å². The van der Waals surface area contributed by atoms with E-state index in [2.05, 4.69) is 0 Å². The van der Waals surface area contributed by atoms with Crippen molar-refractivity contribution in [3.05, 3.63) is 34.2 Å². The van der Waals surface area contributed by atoms with Gasteiger partial charge in [-0.2, -0.15) is 0 Å². The fourth-order valence-electron chi connectivity index (χ4n) is 3.47. The molecule has 4 heterocycles. The minimum atomic E-state index is -0.128. The summed E-state index contributed by atoms with van der Waals surface area (Å²) >= 11 is 0. The largest absolute Gasteiger partial charge is 0.341 e. The van der Waals surface area contributed by atoms with E-state index in [4.69, 9.17) is 0 Å². The minimum absolute atomic E-state index is 0.0456. The van der Waals surface area contributed by atoms with Crippen LogP contribution in [-0.4, -0.2) is 51.9 Å². The van der Waals surface area contributed by atoms with Crippen LogP contribution in [0.3, 0.4) is 0 Å². The molecule has 0 saturated carbocycles. The van der Waals surface area contributed by atoms with Crippen molar-refractivity contribution in [2.24, 2.45) is 13.0 Å². The van der Waals surface area contributed by atoms with Crippen LogP contribution in [0.15, 0.2) is 23.1 Å². The number of carbonyl (C=O) groups is 2. The van der Waals surface area contributed by atoms with Crippen molar-refractivity contribution in [3.8, 4) is 0 Å². The van der Waals surface area contributed by atoms with Gasteiger partial charge in [-0.05, 0) is 24.8 Å². The number of aryl methyl sites for hydroxylation is 1. The first-order chi connectivity index (χ1) is 10.5. The Kier molecular flexibility index (Phi) is 3.76. The molecule has 0 spiro atoms. The zero-order chi connectivity index (χ0) is 15.9. The van der Waals surface area contributed by atoms with E-state index < -0.39 is 0 Å². The predicted octanol–water partition coefficient (Wildman–Crippen LogP) is 0.468. The van der Waals surface area contributed by atoms with Crippen LogP contribution in [0.1, 0.15) is 30.1 Å². The zero-order valence-electron chi connectivity index (χ0n) is 13.0. The van der Waals surface area contributed by atoms with Gasteiger partial charge in [0.15, 0.2) is 0 Å². The summed E-state index contributed by atoms with van der Waals surface area (Å²) in [6.45, 7) is 3.63. The van der Waals surface area contributed by atoms with E-state index in [1.807, 2.05) is 9.80 Å². The summed E-state index contributed by atoms with van der Waals surface area (Å²) in [5, 5.41) is 0. The summed E-state index contributed by atoms with van der Waals surface area (Å²) in [5.41, 5.74) is 0.403. The van der Waals surface area contributed by atoms with Gasteiger partial charge in [0.2, 0.25) is 11.5 Å². The van der Waals surface area contributed by atoms with Crippen molar-refractivity contribution < 1.29 is 9.59 Å². The van der Waals surface area contributed by atoms with E-state index in [9.17, 15) is 14.4 Å². The Morgan fingerprint density at radius 3 is 2.59 bits per heavy atom. The number of piperidine rings is 1. The van der Waals surface area contributed by atoms with Crippen molar-refractivity contribution in [1.82, 2.24) is 14.4 Å². The van der Waals surface area contributed by atoms with E-state index in [1.54, 1.807) is 26.2 Å². The molecule has 118 valence electrons. The number of aromatic nitrogens is 1. The van der Waals surface area contributed by atoms with Crippen molar-refractivity contribution in [2.75, 3.05) is 19.6 Å². The van der Waals surface area contributed by atoms with E-state index in [1.165, 1.54) is 10.6 Å². The Morgan fingerprint density at radius 2 is 1.91 bits per heavy atom. The summed E-state index contributed by atoms with van der Waals surface area (Å²) in [4.78, 5) is 39.7. The molecule has 0 aromatic carbocycles. The Balaban J connectivity index is 1.85. The highest BCUT2D eigenvalue weighted by Crippen LogP contribution is 2.29. The first kappa shape index (κ1) is 14.8. The second-order valence-electron chi connectivity index (χ2n) is 6.35. The highest BCUT2D eigenvalue weighted by Gasteiger charge is 2.38. The van der Waals surface area contributed by atoms with Crippen LogP contribution in [0, 0.1) is 5.92 Å². The molecule has 6 nitrogen and oxygen atoms in total. The Bertz CT molecular complexity index is 667. The second kappa shape index (κ2) is 5.59. The van der Waals surface area contributed by atoms with Gasteiger partial charge in [-0.1, -0.05) is 0 Å². The lowest BCUT2D eigenvalue weighted by Gasteiger charge is -2.36. The fraction of sp³-hybridized carbons (Fsp3) is 0.562. The van der Waals surface area contributed by atoms with Crippen LogP contribution in [-0.2, 0) is 11.8 Å². The lowest BCUT2D eigenvalue weighted by molar-refractivity contribution is -0.129. The molecule has 1 aromatic heterocycles. The normalized spacial score (nSPS) is 24.3. The average molecular weight is 303 g/mol. The van der Waals surface area contributed by atoms with Gasteiger partial charge < -0.3 is 14.4 Å². The Labute approximate surface area is 129 Å². The molecule has 3 aliphatic heterocycles. The number of nitrogens with zero attached hydrogens (tertiary/aromatic N) is 3. The fourth-order valence-corrected chi connectivity index (χ4v) is 3.47. The molecular weight excluding hydrogens is 282 g/mol. The number of carbonyl (C=O) groups excluding carboxylic acids is 2. The van der Waals surface area contributed by atoms with E-state index in [-0.39, 0.29) is 23.4 Å². The molecule has 0 radical (unpaired) electrons. The third-order valence-electron chi connectivity index (χ3n) is 4.75. The first-order valence-corrected chi connectivity index (χ1v) is 7.69. The van der Waals surface area contributed by atoms with Crippen LogP contribution in [0.25, 0.3) is 0 Å². The Morgan fingerprint density at radius 1 is 1.14 bits per heavy atom. The molecule has 3 saturated heterocycles. The van der Waals surface area contributed by atoms with Gasteiger partial charge in [-0.15, -0.1) is 0 Å². The average Bonchev–Trinajstić information content (AvgIpc) is 2.81. The summed E-state index contributed by atoms with van der Waals surface area (Å²) in [5.74, 6) is 0.378. The number of hydrogen-bond acceptors (Lipinski definition) is 3. The SMILES string of the molecule is CC(=O)N1C[C@@H]2CC[C@H](C1)N(C(=O)c1ccc(=O)n(C)c1)C2. The van der Waals surface area contributed by atoms with Crippen molar-refractivity contribution in [3.63, 3.8) is 0 Å². The summed E-state index contributed by atoms with van der Waals surface area (Å²) < 4.78 is 1.42. The van der Waals surface area contributed by atoms with Gasteiger partial charge in [-0.3, -0.25) is 14.4 Å². The van der Waals surface area contributed by atoms with E-state index in [0.29, 0.717) is 24.6 Å². The molecule has 0 unspecified atom stereocenters. The molecule has 2 amide bonds. The number of hydrogen-bond donors (Lipinski definition) is 0. The third-order valence-corrected chi connectivity index (χ3v) is 4.75. The number of fused-ring (bicyclic) bond motifs is 4. The van der Waals surface area contributed by atoms with Crippen molar-refractivity contribution in [1.29, 1.82) is 0 Å². The minimum Gasteiger partial charge on any atom is -0.341 e. The van der Waals surface area contributed by atoms with Gasteiger partial charge in [0.05, 0.1) is 5.56 Å². The van der Waals surface area contributed by atoms with E-state index >= 15 is 0 Å². The van der Waals surface area contributed by atoms with E-state index in [0.717, 1.165) is 19.4 Å². The molecule has 3 fully saturated rings. The zero-order valence-corrected chi connectivity index (χ0v) is 13.0. The quantitative estimate of drug-likeness (QED) is 0.757. The topological polar surface area (TPSA) is 62.6 Å². The first-order valence-electron chi connectivity index (χ1n) is 7.69. The lowest BCUT2D eigenvalue weighted by Crippen LogP contribution is -2.47. The maximum atomic E-state index is 12.8.